The lowest BCUT2D eigenvalue weighted by Gasteiger charge is -2.41. The first-order valence-electron chi connectivity index (χ1n) is 8.48. The summed E-state index contributed by atoms with van der Waals surface area (Å²) in [6.45, 7) is 10.4. The zero-order chi connectivity index (χ0) is 15.3. The largest absolute Gasteiger partial charge is 0.329 e. The summed E-state index contributed by atoms with van der Waals surface area (Å²) in [5, 5.41) is 0. The summed E-state index contributed by atoms with van der Waals surface area (Å²) in [4.78, 5) is 2.63. The molecule has 1 aliphatic heterocycles. The molecule has 1 aromatic carbocycles. The topological polar surface area (TPSA) is 29.3 Å². The molecule has 0 radical (unpaired) electrons. The molecule has 0 spiro atoms. The van der Waals surface area contributed by atoms with E-state index in [0.29, 0.717) is 11.5 Å². The SMILES string of the molecule is CC(C)(C)C1CCN(C(CN)CCc2ccccc2)CC1. The van der Waals surface area contributed by atoms with Crippen molar-refractivity contribution >= 4 is 0 Å². The molecule has 1 aromatic rings. The maximum absolute atomic E-state index is 6.05. The van der Waals surface area contributed by atoms with Crippen LogP contribution in [0.2, 0.25) is 0 Å². The molecule has 1 fully saturated rings. The van der Waals surface area contributed by atoms with Crippen LogP contribution in [-0.4, -0.2) is 30.6 Å². The average Bonchev–Trinajstić information content (AvgIpc) is 2.48. The van der Waals surface area contributed by atoms with Crippen LogP contribution in [0, 0.1) is 11.3 Å². The van der Waals surface area contributed by atoms with E-state index in [1.165, 1.54) is 37.9 Å². The van der Waals surface area contributed by atoms with E-state index >= 15 is 0 Å². The van der Waals surface area contributed by atoms with Gasteiger partial charge in [-0.3, -0.25) is 4.90 Å². The first kappa shape index (κ1) is 16.5. The Kier molecular flexibility index (Phi) is 5.83. The number of hydrogen-bond donors (Lipinski definition) is 1. The Morgan fingerprint density at radius 1 is 1.14 bits per heavy atom. The van der Waals surface area contributed by atoms with Gasteiger partial charge in [-0.15, -0.1) is 0 Å². The molecule has 1 saturated heterocycles. The van der Waals surface area contributed by atoms with Crippen molar-refractivity contribution in [3.8, 4) is 0 Å². The van der Waals surface area contributed by atoms with Crippen molar-refractivity contribution in [3.63, 3.8) is 0 Å². The predicted octanol–water partition coefficient (Wildman–Crippen LogP) is 3.70. The molecule has 0 aliphatic carbocycles. The molecule has 118 valence electrons. The van der Waals surface area contributed by atoms with E-state index in [9.17, 15) is 0 Å². The maximum Gasteiger partial charge on any atom is 0.0221 e. The Morgan fingerprint density at radius 3 is 2.29 bits per heavy atom. The molecule has 0 bridgehead atoms. The van der Waals surface area contributed by atoms with E-state index < -0.39 is 0 Å². The summed E-state index contributed by atoms with van der Waals surface area (Å²) in [6.07, 6.45) is 4.97. The molecule has 2 N–H and O–H groups in total. The summed E-state index contributed by atoms with van der Waals surface area (Å²) in [6, 6.07) is 11.3. The molecule has 0 saturated carbocycles. The lowest BCUT2D eigenvalue weighted by atomic mass is 9.75. The predicted molar refractivity (Wildman–Crippen MR) is 91.4 cm³/mol. The number of benzene rings is 1. The third-order valence-corrected chi connectivity index (χ3v) is 5.15. The summed E-state index contributed by atoms with van der Waals surface area (Å²) < 4.78 is 0. The Balaban J connectivity index is 1.82. The van der Waals surface area contributed by atoms with Crippen LogP contribution in [0.5, 0.6) is 0 Å². The van der Waals surface area contributed by atoms with Crippen molar-refractivity contribution in [1.82, 2.24) is 4.90 Å². The van der Waals surface area contributed by atoms with Gasteiger partial charge in [0.15, 0.2) is 0 Å². The molecule has 1 atom stereocenters. The molecule has 1 heterocycles. The Bertz CT molecular complexity index is 399. The van der Waals surface area contributed by atoms with Crippen molar-refractivity contribution < 1.29 is 0 Å². The first-order valence-corrected chi connectivity index (χ1v) is 8.48. The molecule has 1 unspecified atom stereocenters. The van der Waals surface area contributed by atoms with Crippen molar-refractivity contribution in [2.75, 3.05) is 19.6 Å². The van der Waals surface area contributed by atoms with Gasteiger partial charge < -0.3 is 5.73 Å². The minimum absolute atomic E-state index is 0.453. The summed E-state index contributed by atoms with van der Waals surface area (Å²) in [5.74, 6) is 0.862. The number of likely N-dealkylation sites (tertiary alicyclic amines) is 1. The normalized spacial score (nSPS) is 19.6. The number of nitrogens with two attached hydrogens (primary N) is 1. The molecule has 0 aromatic heterocycles. The van der Waals surface area contributed by atoms with Crippen LogP contribution in [0.4, 0.5) is 0 Å². The molecule has 1 aliphatic rings. The van der Waals surface area contributed by atoms with Crippen LogP contribution in [0.15, 0.2) is 30.3 Å². The van der Waals surface area contributed by atoms with E-state index in [1.54, 1.807) is 0 Å². The highest BCUT2D eigenvalue weighted by Crippen LogP contribution is 2.34. The first-order chi connectivity index (χ1) is 10.0. The second-order valence-corrected chi connectivity index (χ2v) is 7.59. The van der Waals surface area contributed by atoms with Gasteiger partial charge >= 0.3 is 0 Å². The molecule has 2 nitrogen and oxygen atoms in total. The van der Waals surface area contributed by atoms with Gasteiger partial charge in [-0.2, -0.15) is 0 Å². The van der Waals surface area contributed by atoms with Crippen LogP contribution in [0.1, 0.15) is 45.6 Å². The zero-order valence-corrected chi connectivity index (χ0v) is 14.0. The molecule has 2 rings (SSSR count). The quantitative estimate of drug-likeness (QED) is 0.895. The van der Waals surface area contributed by atoms with Gasteiger partial charge in [-0.05, 0) is 55.7 Å². The monoisotopic (exact) mass is 288 g/mol. The fraction of sp³-hybridized carbons (Fsp3) is 0.684. The Morgan fingerprint density at radius 2 is 1.76 bits per heavy atom. The van der Waals surface area contributed by atoms with Gasteiger partial charge in [-0.25, -0.2) is 0 Å². The van der Waals surface area contributed by atoms with Crippen molar-refractivity contribution in [2.24, 2.45) is 17.1 Å². The lowest BCUT2D eigenvalue weighted by molar-refractivity contribution is 0.0819. The third-order valence-electron chi connectivity index (χ3n) is 5.15. The van der Waals surface area contributed by atoms with Gasteiger partial charge in [0.1, 0.15) is 0 Å². The zero-order valence-electron chi connectivity index (χ0n) is 14.0. The minimum Gasteiger partial charge on any atom is -0.329 e. The fourth-order valence-corrected chi connectivity index (χ4v) is 3.56. The Labute approximate surface area is 130 Å². The summed E-state index contributed by atoms with van der Waals surface area (Å²) >= 11 is 0. The van der Waals surface area contributed by atoms with E-state index in [0.717, 1.165) is 18.9 Å². The number of hydrogen-bond acceptors (Lipinski definition) is 2. The maximum atomic E-state index is 6.05. The highest BCUT2D eigenvalue weighted by Gasteiger charge is 2.30. The fourth-order valence-electron chi connectivity index (χ4n) is 3.56. The van der Waals surface area contributed by atoms with Gasteiger partial charge in [0.25, 0.3) is 0 Å². The molecular formula is C19H32N2. The van der Waals surface area contributed by atoms with Crippen LogP contribution in [0.25, 0.3) is 0 Å². The Hall–Kier alpha value is -0.860. The van der Waals surface area contributed by atoms with Crippen molar-refractivity contribution in [1.29, 1.82) is 0 Å². The van der Waals surface area contributed by atoms with Crippen LogP contribution in [-0.2, 0) is 6.42 Å². The molecule has 2 heteroatoms. The van der Waals surface area contributed by atoms with E-state index in [2.05, 4.69) is 56.0 Å². The highest BCUT2D eigenvalue weighted by molar-refractivity contribution is 5.14. The van der Waals surface area contributed by atoms with E-state index in [4.69, 9.17) is 5.73 Å². The standard InChI is InChI=1S/C19H32N2/c1-19(2,3)17-11-13-21(14-12-17)18(15-20)10-9-16-7-5-4-6-8-16/h4-8,17-18H,9-15,20H2,1-3H3. The summed E-state index contributed by atoms with van der Waals surface area (Å²) in [5.41, 5.74) is 7.93. The number of nitrogens with zero attached hydrogens (tertiary/aromatic N) is 1. The highest BCUT2D eigenvalue weighted by atomic mass is 15.2. The number of rotatable bonds is 5. The number of aryl methyl sites for hydroxylation is 1. The van der Waals surface area contributed by atoms with Gasteiger partial charge in [0.05, 0.1) is 0 Å². The van der Waals surface area contributed by atoms with E-state index in [-0.39, 0.29) is 0 Å². The second-order valence-electron chi connectivity index (χ2n) is 7.59. The average molecular weight is 288 g/mol. The van der Waals surface area contributed by atoms with Crippen molar-refractivity contribution in [2.45, 2.75) is 52.5 Å². The van der Waals surface area contributed by atoms with Gasteiger partial charge in [0.2, 0.25) is 0 Å². The van der Waals surface area contributed by atoms with Crippen LogP contribution < -0.4 is 5.73 Å². The molecule has 21 heavy (non-hydrogen) atoms. The molecule has 0 amide bonds. The lowest BCUT2D eigenvalue weighted by Crippen LogP contribution is -2.47. The van der Waals surface area contributed by atoms with Crippen LogP contribution >= 0.6 is 0 Å². The van der Waals surface area contributed by atoms with Gasteiger partial charge in [-0.1, -0.05) is 51.1 Å². The van der Waals surface area contributed by atoms with E-state index in [1.807, 2.05) is 0 Å². The second kappa shape index (κ2) is 7.42. The van der Waals surface area contributed by atoms with Crippen LogP contribution in [0.3, 0.4) is 0 Å². The third kappa shape index (κ3) is 4.82. The summed E-state index contributed by atoms with van der Waals surface area (Å²) in [7, 11) is 0. The number of piperidine rings is 1. The van der Waals surface area contributed by atoms with Crippen molar-refractivity contribution in [3.05, 3.63) is 35.9 Å². The van der Waals surface area contributed by atoms with Gasteiger partial charge in [0, 0.05) is 12.6 Å². The molecular weight excluding hydrogens is 256 g/mol. The minimum atomic E-state index is 0.453. The smallest absolute Gasteiger partial charge is 0.0221 e.